The van der Waals surface area contributed by atoms with E-state index in [0.717, 1.165) is 18.8 Å². The molecule has 4 heteroatoms. The van der Waals surface area contributed by atoms with E-state index in [-0.39, 0.29) is 12.1 Å². The Hall–Kier alpha value is -0.870. The third-order valence-corrected chi connectivity index (χ3v) is 5.16. The van der Waals surface area contributed by atoms with Crippen LogP contribution in [-0.4, -0.2) is 23.4 Å². The van der Waals surface area contributed by atoms with Crippen LogP contribution in [-0.2, 0) is 4.79 Å². The Labute approximate surface area is 112 Å². The van der Waals surface area contributed by atoms with Crippen molar-refractivity contribution in [3.8, 4) is 0 Å². The Morgan fingerprint density at radius 1 is 1.39 bits per heavy atom. The van der Waals surface area contributed by atoms with Crippen LogP contribution in [0.3, 0.4) is 0 Å². The number of nitrogens with one attached hydrogen (secondary N) is 1. The molecule has 0 aromatic carbocycles. The lowest BCUT2D eigenvalue weighted by Gasteiger charge is -2.29. The smallest absolute Gasteiger partial charge is 0.238 e. The Balaban J connectivity index is 1.83. The molecule has 2 aliphatic rings. The van der Waals surface area contributed by atoms with Crippen molar-refractivity contribution in [3.63, 3.8) is 0 Å². The number of amides is 1. The van der Waals surface area contributed by atoms with Gasteiger partial charge in [0.25, 0.3) is 0 Å². The second-order valence-corrected chi connectivity index (χ2v) is 6.92. The van der Waals surface area contributed by atoms with Crippen molar-refractivity contribution in [3.05, 3.63) is 21.9 Å². The SMILES string of the molecule is Cc1ccc(C2NCC(=O)N2C2CCC(C)C2)s1. The molecule has 3 unspecified atom stereocenters. The van der Waals surface area contributed by atoms with Crippen molar-refractivity contribution in [1.29, 1.82) is 0 Å². The van der Waals surface area contributed by atoms with Gasteiger partial charge in [0.05, 0.1) is 6.54 Å². The molecule has 1 aromatic rings. The van der Waals surface area contributed by atoms with E-state index in [2.05, 4.69) is 36.2 Å². The summed E-state index contributed by atoms with van der Waals surface area (Å²) in [5.41, 5.74) is 0. The number of hydrogen-bond donors (Lipinski definition) is 1. The fourth-order valence-corrected chi connectivity index (χ4v) is 4.15. The zero-order chi connectivity index (χ0) is 12.7. The zero-order valence-electron chi connectivity index (χ0n) is 11.0. The topological polar surface area (TPSA) is 32.3 Å². The minimum absolute atomic E-state index is 0.117. The van der Waals surface area contributed by atoms with Gasteiger partial charge in [0.2, 0.25) is 5.91 Å². The summed E-state index contributed by atoms with van der Waals surface area (Å²) in [4.78, 5) is 16.8. The first-order chi connectivity index (χ1) is 8.65. The molecular formula is C14H20N2OS. The molecule has 3 nitrogen and oxygen atoms in total. The van der Waals surface area contributed by atoms with Gasteiger partial charge in [-0.3, -0.25) is 10.1 Å². The number of hydrogen-bond acceptors (Lipinski definition) is 3. The minimum atomic E-state index is 0.117. The molecule has 3 rings (SSSR count). The average Bonchev–Trinajstić information content (AvgIpc) is 2.99. The predicted molar refractivity (Wildman–Crippen MR) is 73.4 cm³/mol. The van der Waals surface area contributed by atoms with E-state index in [1.165, 1.54) is 16.2 Å². The van der Waals surface area contributed by atoms with E-state index in [0.29, 0.717) is 12.6 Å². The minimum Gasteiger partial charge on any atom is -0.318 e. The van der Waals surface area contributed by atoms with Crippen molar-refractivity contribution in [2.45, 2.75) is 45.3 Å². The molecule has 0 spiro atoms. The molecule has 1 saturated carbocycles. The molecule has 98 valence electrons. The normalized spacial score (nSPS) is 32.4. The van der Waals surface area contributed by atoms with Crippen LogP contribution in [0.5, 0.6) is 0 Å². The number of rotatable bonds is 2. The van der Waals surface area contributed by atoms with Crippen molar-refractivity contribution in [1.82, 2.24) is 10.2 Å². The van der Waals surface area contributed by atoms with Crippen LogP contribution in [0.2, 0.25) is 0 Å². The third-order valence-electron chi connectivity index (χ3n) is 4.10. The maximum absolute atomic E-state index is 12.1. The largest absolute Gasteiger partial charge is 0.318 e. The monoisotopic (exact) mass is 264 g/mol. The molecule has 2 heterocycles. The number of aryl methyl sites for hydroxylation is 1. The van der Waals surface area contributed by atoms with Crippen LogP contribution in [0.25, 0.3) is 0 Å². The summed E-state index contributed by atoms with van der Waals surface area (Å²) in [6.07, 6.45) is 3.69. The van der Waals surface area contributed by atoms with Gasteiger partial charge in [0.15, 0.2) is 0 Å². The number of carbonyl (C=O) groups excluding carboxylic acids is 1. The van der Waals surface area contributed by atoms with Gasteiger partial charge in [-0.2, -0.15) is 0 Å². The fourth-order valence-electron chi connectivity index (χ4n) is 3.20. The van der Waals surface area contributed by atoms with Gasteiger partial charge < -0.3 is 4.90 Å². The molecule has 2 fully saturated rings. The molecule has 0 radical (unpaired) electrons. The van der Waals surface area contributed by atoms with Gasteiger partial charge in [-0.1, -0.05) is 6.92 Å². The first-order valence-corrected chi connectivity index (χ1v) is 7.57. The lowest BCUT2D eigenvalue weighted by atomic mass is 10.1. The van der Waals surface area contributed by atoms with E-state index >= 15 is 0 Å². The molecule has 1 aliphatic heterocycles. The van der Waals surface area contributed by atoms with E-state index in [9.17, 15) is 4.79 Å². The van der Waals surface area contributed by atoms with Crippen LogP contribution < -0.4 is 5.32 Å². The average molecular weight is 264 g/mol. The van der Waals surface area contributed by atoms with Crippen LogP contribution >= 0.6 is 11.3 Å². The predicted octanol–water partition coefficient (Wildman–Crippen LogP) is 2.68. The summed E-state index contributed by atoms with van der Waals surface area (Å²) >= 11 is 1.79. The van der Waals surface area contributed by atoms with Gasteiger partial charge in [-0.25, -0.2) is 0 Å². The van der Waals surface area contributed by atoms with Gasteiger partial charge in [0.1, 0.15) is 6.17 Å². The molecule has 1 aromatic heterocycles. The van der Waals surface area contributed by atoms with Gasteiger partial charge >= 0.3 is 0 Å². The van der Waals surface area contributed by atoms with Crippen molar-refractivity contribution >= 4 is 17.2 Å². The molecule has 1 saturated heterocycles. The summed E-state index contributed by atoms with van der Waals surface area (Å²) in [6, 6.07) is 4.73. The van der Waals surface area contributed by atoms with E-state index in [4.69, 9.17) is 0 Å². The Kier molecular flexibility index (Phi) is 3.16. The lowest BCUT2D eigenvalue weighted by molar-refractivity contribution is -0.130. The highest BCUT2D eigenvalue weighted by atomic mass is 32.1. The zero-order valence-corrected chi connectivity index (χ0v) is 11.8. The quantitative estimate of drug-likeness (QED) is 0.890. The summed E-state index contributed by atoms with van der Waals surface area (Å²) in [5.74, 6) is 1.03. The first kappa shape index (κ1) is 12.2. The highest BCUT2D eigenvalue weighted by Crippen LogP contribution is 2.36. The van der Waals surface area contributed by atoms with Crippen molar-refractivity contribution in [2.75, 3.05) is 6.54 Å². The van der Waals surface area contributed by atoms with Crippen LogP contribution in [0.15, 0.2) is 12.1 Å². The van der Waals surface area contributed by atoms with E-state index < -0.39 is 0 Å². The Morgan fingerprint density at radius 2 is 2.22 bits per heavy atom. The maximum Gasteiger partial charge on any atom is 0.238 e. The molecule has 1 amide bonds. The summed E-state index contributed by atoms with van der Waals surface area (Å²) < 4.78 is 0. The molecule has 3 atom stereocenters. The molecule has 1 aliphatic carbocycles. The van der Waals surface area contributed by atoms with Gasteiger partial charge in [-0.15, -0.1) is 11.3 Å². The molecular weight excluding hydrogens is 244 g/mol. The van der Waals surface area contributed by atoms with Gasteiger partial charge in [0, 0.05) is 15.8 Å². The molecule has 18 heavy (non-hydrogen) atoms. The third kappa shape index (κ3) is 2.08. The molecule has 0 bridgehead atoms. The van der Waals surface area contributed by atoms with Gasteiger partial charge in [-0.05, 0) is 44.2 Å². The van der Waals surface area contributed by atoms with Crippen LogP contribution in [0, 0.1) is 12.8 Å². The van der Waals surface area contributed by atoms with Crippen LogP contribution in [0.4, 0.5) is 0 Å². The number of carbonyl (C=O) groups is 1. The first-order valence-electron chi connectivity index (χ1n) is 6.76. The van der Waals surface area contributed by atoms with E-state index in [1.54, 1.807) is 11.3 Å². The Morgan fingerprint density at radius 3 is 2.83 bits per heavy atom. The summed E-state index contributed by atoms with van der Waals surface area (Å²) in [6.45, 7) is 4.90. The summed E-state index contributed by atoms with van der Waals surface area (Å²) in [7, 11) is 0. The second kappa shape index (κ2) is 4.67. The second-order valence-electron chi connectivity index (χ2n) is 5.60. The highest BCUT2D eigenvalue weighted by Gasteiger charge is 2.39. The lowest BCUT2D eigenvalue weighted by Crippen LogP contribution is -2.37. The number of nitrogens with zero attached hydrogens (tertiary/aromatic N) is 1. The Bertz CT molecular complexity index is 456. The van der Waals surface area contributed by atoms with Crippen molar-refractivity contribution < 1.29 is 4.79 Å². The maximum atomic E-state index is 12.1. The standard InChI is InChI=1S/C14H20N2OS/c1-9-3-5-11(7-9)16-13(17)8-15-14(16)12-6-4-10(2)18-12/h4,6,9,11,14-15H,3,5,7-8H2,1-2H3. The fraction of sp³-hybridized carbons (Fsp3) is 0.643. The van der Waals surface area contributed by atoms with Crippen LogP contribution in [0.1, 0.15) is 42.1 Å². The van der Waals surface area contributed by atoms with Crippen molar-refractivity contribution in [2.24, 2.45) is 5.92 Å². The molecule has 1 N–H and O–H groups in total. The van der Waals surface area contributed by atoms with E-state index in [1.807, 2.05) is 0 Å². The number of thiophene rings is 1. The summed E-state index contributed by atoms with van der Waals surface area (Å²) in [5, 5.41) is 3.36. The highest BCUT2D eigenvalue weighted by molar-refractivity contribution is 7.12.